The van der Waals surface area contributed by atoms with E-state index in [-0.39, 0.29) is 35.5 Å². The summed E-state index contributed by atoms with van der Waals surface area (Å²) in [5.74, 6) is -1.24. The molecule has 0 unspecified atom stereocenters. The molecule has 1 aliphatic rings. The lowest BCUT2D eigenvalue weighted by molar-refractivity contribution is -0.137. The molecule has 1 heterocycles. The maximum Gasteiger partial charge on any atom is 0.253 e. The average molecular weight is 367 g/mol. The van der Waals surface area contributed by atoms with E-state index in [1.165, 1.54) is 23.1 Å². The number of nitrogens with two attached hydrogens (primary N) is 1. The second-order valence-electron chi connectivity index (χ2n) is 5.58. The first-order valence-corrected chi connectivity index (χ1v) is 8.16. The Morgan fingerprint density at radius 2 is 2.08 bits per heavy atom. The molecule has 0 aromatic heterocycles. The van der Waals surface area contributed by atoms with Crippen molar-refractivity contribution in [2.75, 3.05) is 25.4 Å². The largest absolute Gasteiger partial charge is 0.399 e. The van der Waals surface area contributed by atoms with Gasteiger partial charge >= 0.3 is 0 Å². The van der Waals surface area contributed by atoms with E-state index >= 15 is 0 Å². The number of nitrogens with one attached hydrogen (secondary N) is 2. The van der Waals surface area contributed by atoms with Gasteiger partial charge in [0.05, 0.1) is 23.7 Å². The van der Waals surface area contributed by atoms with E-state index in [1.54, 1.807) is 0 Å². The molecule has 1 aromatic rings. The Labute approximate surface area is 149 Å². The first kappa shape index (κ1) is 18.7. The summed E-state index contributed by atoms with van der Waals surface area (Å²) in [7, 11) is 0. The minimum Gasteiger partial charge on any atom is -0.399 e. The second-order valence-corrected chi connectivity index (χ2v) is 5.99. The number of benzene rings is 1. The molecule has 0 radical (unpaired) electrons. The number of carbonyl (C=O) groups excluding carboxylic acids is 4. The third kappa shape index (κ3) is 4.69. The van der Waals surface area contributed by atoms with Gasteiger partial charge in [-0.2, -0.15) is 0 Å². The van der Waals surface area contributed by atoms with Crippen LogP contribution in [-0.2, 0) is 14.4 Å². The van der Waals surface area contributed by atoms with Crippen molar-refractivity contribution in [1.82, 2.24) is 15.5 Å². The fraction of sp³-hybridized carbons (Fsp3) is 0.375. The van der Waals surface area contributed by atoms with E-state index in [1.807, 2.05) is 0 Å². The van der Waals surface area contributed by atoms with Crippen LogP contribution in [0.5, 0.6) is 0 Å². The normalized spacial score (nSPS) is 16.4. The molecule has 25 heavy (non-hydrogen) atoms. The summed E-state index contributed by atoms with van der Waals surface area (Å²) in [5.41, 5.74) is 6.22. The highest BCUT2D eigenvalue weighted by molar-refractivity contribution is 6.34. The molecule has 4 N–H and O–H groups in total. The predicted molar refractivity (Wildman–Crippen MR) is 92.0 cm³/mol. The molecule has 0 saturated carbocycles. The topological polar surface area (TPSA) is 122 Å². The minimum absolute atomic E-state index is 0.0935. The highest BCUT2D eigenvalue weighted by atomic mass is 35.5. The number of hydrogen-bond acceptors (Lipinski definition) is 5. The zero-order valence-electron chi connectivity index (χ0n) is 13.5. The van der Waals surface area contributed by atoms with Crippen molar-refractivity contribution in [3.8, 4) is 0 Å². The number of halogens is 1. The minimum atomic E-state index is -0.621. The Hall–Kier alpha value is -2.61. The standard InChI is InChI=1S/C16H19ClN4O4/c17-12-8-10(18)3-4-11(12)15(24)20-9-14(23)21-6-1-2-13(21)16(25)19-5-7-22/h3-4,7-8,13H,1-2,5-6,9,18H2,(H,19,25)(H,20,24)/t13-/m0/s1. The van der Waals surface area contributed by atoms with Crippen LogP contribution in [0.2, 0.25) is 5.02 Å². The fourth-order valence-electron chi connectivity index (χ4n) is 2.67. The molecule has 3 amide bonds. The Morgan fingerprint density at radius 3 is 2.76 bits per heavy atom. The maximum atomic E-state index is 12.3. The predicted octanol–water partition coefficient (Wildman–Crippen LogP) is -0.0419. The number of hydrogen-bond donors (Lipinski definition) is 3. The number of anilines is 1. The molecule has 0 aliphatic carbocycles. The highest BCUT2D eigenvalue weighted by Crippen LogP contribution is 2.19. The van der Waals surface area contributed by atoms with E-state index < -0.39 is 11.9 Å². The van der Waals surface area contributed by atoms with Gasteiger partial charge in [0.25, 0.3) is 5.91 Å². The molecular weight excluding hydrogens is 348 g/mol. The first-order valence-electron chi connectivity index (χ1n) is 7.78. The van der Waals surface area contributed by atoms with Crippen LogP contribution in [0.25, 0.3) is 0 Å². The molecule has 1 fully saturated rings. The van der Waals surface area contributed by atoms with Crippen molar-refractivity contribution in [2.24, 2.45) is 0 Å². The van der Waals surface area contributed by atoms with Crippen molar-refractivity contribution in [1.29, 1.82) is 0 Å². The maximum absolute atomic E-state index is 12.3. The fourth-order valence-corrected chi connectivity index (χ4v) is 2.94. The second kappa shape index (κ2) is 8.48. The molecule has 1 saturated heterocycles. The number of nitrogen functional groups attached to an aromatic ring is 1. The van der Waals surface area contributed by atoms with Crippen LogP contribution >= 0.6 is 11.6 Å². The number of nitrogens with zero attached hydrogens (tertiary/aromatic N) is 1. The molecule has 9 heteroatoms. The van der Waals surface area contributed by atoms with E-state index in [2.05, 4.69) is 10.6 Å². The molecule has 134 valence electrons. The smallest absolute Gasteiger partial charge is 0.253 e. The van der Waals surface area contributed by atoms with E-state index in [9.17, 15) is 19.2 Å². The molecular formula is C16H19ClN4O4. The SMILES string of the molecule is Nc1ccc(C(=O)NCC(=O)N2CCC[C@H]2C(=O)NCC=O)c(Cl)c1. The van der Waals surface area contributed by atoms with Crippen LogP contribution < -0.4 is 16.4 Å². The van der Waals surface area contributed by atoms with Gasteiger partial charge < -0.3 is 26.1 Å². The molecule has 0 bridgehead atoms. The number of likely N-dealkylation sites (tertiary alicyclic amines) is 1. The molecule has 1 aromatic carbocycles. The Kier molecular flexibility index (Phi) is 6.35. The summed E-state index contributed by atoms with van der Waals surface area (Å²) in [6.45, 7) is 0.0806. The number of rotatable bonds is 6. The van der Waals surface area contributed by atoms with Crippen molar-refractivity contribution in [3.63, 3.8) is 0 Å². The molecule has 1 atom stereocenters. The first-order chi connectivity index (χ1) is 11.9. The van der Waals surface area contributed by atoms with Crippen LogP contribution in [0.3, 0.4) is 0 Å². The Morgan fingerprint density at radius 1 is 1.32 bits per heavy atom. The van der Waals surface area contributed by atoms with Gasteiger partial charge in [0, 0.05) is 12.2 Å². The Bertz CT molecular complexity index is 695. The molecule has 1 aliphatic heterocycles. The summed E-state index contributed by atoms with van der Waals surface area (Å²) >= 11 is 5.96. The molecule has 8 nitrogen and oxygen atoms in total. The number of amides is 3. The van der Waals surface area contributed by atoms with Crippen molar-refractivity contribution in [2.45, 2.75) is 18.9 Å². The van der Waals surface area contributed by atoms with Crippen molar-refractivity contribution < 1.29 is 19.2 Å². The summed E-state index contributed by atoms with van der Waals surface area (Å²) in [6.07, 6.45) is 1.78. The van der Waals surface area contributed by atoms with E-state index in [4.69, 9.17) is 17.3 Å². The zero-order valence-corrected chi connectivity index (χ0v) is 14.2. The Balaban J connectivity index is 1.93. The van der Waals surface area contributed by atoms with E-state index in [0.29, 0.717) is 31.4 Å². The highest BCUT2D eigenvalue weighted by Gasteiger charge is 2.33. The van der Waals surface area contributed by atoms with Gasteiger partial charge in [0.15, 0.2) is 0 Å². The lowest BCUT2D eigenvalue weighted by Gasteiger charge is -2.23. The van der Waals surface area contributed by atoms with Gasteiger partial charge in [-0.05, 0) is 31.0 Å². The lowest BCUT2D eigenvalue weighted by atomic mass is 10.2. The van der Waals surface area contributed by atoms with E-state index in [0.717, 1.165) is 0 Å². The third-order valence-electron chi connectivity index (χ3n) is 3.87. The van der Waals surface area contributed by atoms with Gasteiger partial charge in [-0.25, -0.2) is 0 Å². The van der Waals surface area contributed by atoms with Crippen LogP contribution in [0.1, 0.15) is 23.2 Å². The van der Waals surface area contributed by atoms with Crippen molar-refractivity contribution in [3.05, 3.63) is 28.8 Å². The summed E-state index contributed by atoms with van der Waals surface area (Å²) < 4.78 is 0. The van der Waals surface area contributed by atoms with Crippen LogP contribution in [0.15, 0.2) is 18.2 Å². The van der Waals surface area contributed by atoms with Gasteiger partial charge in [-0.3, -0.25) is 14.4 Å². The van der Waals surface area contributed by atoms with Gasteiger partial charge in [0.2, 0.25) is 11.8 Å². The number of aldehydes is 1. The van der Waals surface area contributed by atoms with Crippen LogP contribution in [-0.4, -0.2) is 54.6 Å². The van der Waals surface area contributed by atoms with Crippen LogP contribution in [0.4, 0.5) is 5.69 Å². The third-order valence-corrected chi connectivity index (χ3v) is 4.19. The van der Waals surface area contributed by atoms with Gasteiger partial charge in [0.1, 0.15) is 12.3 Å². The van der Waals surface area contributed by atoms with Crippen LogP contribution in [0, 0.1) is 0 Å². The molecule has 2 rings (SSSR count). The number of carbonyl (C=O) groups is 4. The summed E-state index contributed by atoms with van der Waals surface area (Å²) in [6, 6.07) is 3.84. The summed E-state index contributed by atoms with van der Waals surface area (Å²) in [4.78, 5) is 48.2. The molecule has 0 spiro atoms. The monoisotopic (exact) mass is 366 g/mol. The average Bonchev–Trinajstić information content (AvgIpc) is 3.07. The lowest BCUT2D eigenvalue weighted by Crippen LogP contribution is -2.49. The van der Waals surface area contributed by atoms with Gasteiger partial charge in [-0.1, -0.05) is 11.6 Å². The summed E-state index contributed by atoms with van der Waals surface area (Å²) in [5, 5.41) is 5.13. The quantitative estimate of drug-likeness (QED) is 0.481. The zero-order chi connectivity index (χ0) is 18.4. The van der Waals surface area contributed by atoms with Gasteiger partial charge in [-0.15, -0.1) is 0 Å². The van der Waals surface area contributed by atoms with Crippen molar-refractivity contribution >= 4 is 41.3 Å².